The Hall–Kier alpha value is -3.24. The van der Waals surface area contributed by atoms with E-state index in [1.807, 2.05) is 91.9 Å². The SMILES string of the molecule is Cc1ccc(NC2=NC(c3ccccc3)=NC2(O)c2ccccc2)cc1. The van der Waals surface area contributed by atoms with Gasteiger partial charge in [-0.15, -0.1) is 0 Å². The molecule has 0 aromatic heterocycles. The molecule has 1 atom stereocenters. The maximum absolute atomic E-state index is 11.4. The number of benzene rings is 3. The van der Waals surface area contributed by atoms with Gasteiger partial charge in [0.2, 0.25) is 5.72 Å². The Kier molecular flexibility index (Phi) is 4.11. The Morgan fingerprint density at radius 3 is 2.08 bits per heavy atom. The van der Waals surface area contributed by atoms with Crippen LogP contribution in [0.15, 0.2) is 94.9 Å². The van der Waals surface area contributed by atoms with Crippen molar-refractivity contribution in [1.82, 2.24) is 0 Å². The number of rotatable bonds is 3. The zero-order valence-electron chi connectivity index (χ0n) is 14.4. The van der Waals surface area contributed by atoms with Crippen molar-refractivity contribution in [2.24, 2.45) is 9.98 Å². The summed E-state index contributed by atoms with van der Waals surface area (Å²) in [5.74, 6) is 0.901. The molecule has 2 N–H and O–H groups in total. The van der Waals surface area contributed by atoms with Gasteiger partial charge in [0.25, 0.3) is 0 Å². The third-order valence-corrected chi connectivity index (χ3v) is 4.34. The van der Waals surface area contributed by atoms with Crippen LogP contribution in [-0.2, 0) is 5.72 Å². The molecule has 0 radical (unpaired) electrons. The Morgan fingerprint density at radius 1 is 0.808 bits per heavy atom. The molecule has 1 aliphatic heterocycles. The molecule has 0 amide bonds. The lowest BCUT2D eigenvalue weighted by atomic mass is 10.0. The Labute approximate surface area is 152 Å². The fourth-order valence-corrected chi connectivity index (χ4v) is 2.89. The van der Waals surface area contributed by atoms with E-state index in [0.29, 0.717) is 17.2 Å². The lowest BCUT2D eigenvalue weighted by Crippen LogP contribution is -2.36. The van der Waals surface area contributed by atoms with E-state index in [0.717, 1.165) is 11.3 Å². The summed E-state index contributed by atoms with van der Waals surface area (Å²) < 4.78 is 0. The molecule has 0 saturated heterocycles. The maximum atomic E-state index is 11.4. The van der Waals surface area contributed by atoms with Gasteiger partial charge in [0.1, 0.15) is 0 Å². The van der Waals surface area contributed by atoms with Crippen molar-refractivity contribution in [3.63, 3.8) is 0 Å². The number of nitrogens with zero attached hydrogens (tertiary/aromatic N) is 2. The third-order valence-electron chi connectivity index (χ3n) is 4.34. The summed E-state index contributed by atoms with van der Waals surface area (Å²) in [6.45, 7) is 2.04. The predicted molar refractivity (Wildman–Crippen MR) is 106 cm³/mol. The molecule has 26 heavy (non-hydrogen) atoms. The highest BCUT2D eigenvalue weighted by Crippen LogP contribution is 2.31. The van der Waals surface area contributed by atoms with E-state index >= 15 is 0 Å². The maximum Gasteiger partial charge on any atom is 0.244 e. The molecule has 128 valence electrons. The highest BCUT2D eigenvalue weighted by molar-refractivity contribution is 6.17. The molecule has 1 heterocycles. The van der Waals surface area contributed by atoms with Crippen LogP contribution in [0.2, 0.25) is 0 Å². The minimum atomic E-state index is -1.54. The van der Waals surface area contributed by atoms with Crippen LogP contribution < -0.4 is 5.32 Å². The number of amidine groups is 2. The van der Waals surface area contributed by atoms with Gasteiger partial charge in [-0.3, -0.25) is 0 Å². The molecule has 3 aromatic rings. The van der Waals surface area contributed by atoms with Gasteiger partial charge in [-0.2, -0.15) is 0 Å². The third kappa shape index (κ3) is 3.03. The molecule has 3 aromatic carbocycles. The second kappa shape index (κ2) is 6.58. The van der Waals surface area contributed by atoms with Gasteiger partial charge in [-0.25, -0.2) is 9.98 Å². The van der Waals surface area contributed by atoms with Crippen LogP contribution in [-0.4, -0.2) is 16.8 Å². The largest absolute Gasteiger partial charge is 0.359 e. The molecule has 4 rings (SSSR count). The first-order valence-corrected chi connectivity index (χ1v) is 8.51. The molecule has 0 bridgehead atoms. The van der Waals surface area contributed by atoms with E-state index in [9.17, 15) is 5.11 Å². The number of aryl methyl sites for hydroxylation is 1. The molecule has 0 saturated carbocycles. The van der Waals surface area contributed by atoms with Crippen LogP contribution in [0.1, 0.15) is 16.7 Å². The van der Waals surface area contributed by atoms with E-state index in [2.05, 4.69) is 15.3 Å². The van der Waals surface area contributed by atoms with Crippen LogP contribution >= 0.6 is 0 Å². The number of aliphatic hydroxyl groups is 1. The molecule has 1 unspecified atom stereocenters. The second-order valence-electron chi connectivity index (χ2n) is 6.29. The van der Waals surface area contributed by atoms with Gasteiger partial charge in [-0.1, -0.05) is 78.4 Å². The molecule has 0 aliphatic carbocycles. The van der Waals surface area contributed by atoms with Gasteiger partial charge in [0, 0.05) is 16.8 Å². The first-order valence-electron chi connectivity index (χ1n) is 8.51. The number of aliphatic imine (C=N–C) groups is 2. The fourth-order valence-electron chi connectivity index (χ4n) is 2.89. The van der Waals surface area contributed by atoms with Gasteiger partial charge in [0.15, 0.2) is 11.7 Å². The number of hydrogen-bond donors (Lipinski definition) is 2. The van der Waals surface area contributed by atoms with Crippen LogP contribution in [0.5, 0.6) is 0 Å². The molecule has 4 heteroatoms. The molecular formula is C22H19N3O. The van der Waals surface area contributed by atoms with Crippen LogP contribution in [0.3, 0.4) is 0 Å². The zero-order valence-corrected chi connectivity index (χ0v) is 14.4. The molecule has 1 aliphatic rings. The normalized spacial score (nSPS) is 19.0. The topological polar surface area (TPSA) is 57.0 Å². The van der Waals surface area contributed by atoms with Crippen LogP contribution in [0.4, 0.5) is 5.69 Å². The van der Waals surface area contributed by atoms with Crippen molar-refractivity contribution in [1.29, 1.82) is 0 Å². The number of nitrogens with one attached hydrogen (secondary N) is 1. The molecule has 0 fully saturated rings. The summed E-state index contributed by atoms with van der Waals surface area (Å²) in [5.41, 5.74) is 2.01. The fraction of sp³-hybridized carbons (Fsp3) is 0.0909. The van der Waals surface area contributed by atoms with E-state index in [1.165, 1.54) is 5.56 Å². The summed E-state index contributed by atoms with van der Waals surface area (Å²) in [6.07, 6.45) is 0. The first-order chi connectivity index (χ1) is 12.6. The average molecular weight is 341 g/mol. The average Bonchev–Trinajstić information content (AvgIpc) is 3.03. The van der Waals surface area contributed by atoms with E-state index in [1.54, 1.807) is 0 Å². The first kappa shape index (κ1) is 16.2. The van der Waals surface area contributed by atoms with E-state index in [4.69, 9.17) is 0 Å². The molecular weight excluding hydrogens is 322 g/mol. The summed E-state index contributed by atoms with van der Waals surface area (Å²) in [7, 11) is 0. The quantitative estimate of drug-likeness (QED) is 0.753. The summed E-state index contributed by atoms with van der Waals surface area (Å²) in [6, 6.07) is 27.0. The van der Waals surface area contributed by atoms with E-state index in [-0.39, 0.29) is 0 Å². The summed E-state index contributed by atoms with van der Waals surface area (Å²) >= 11 is 0. The van der Waals surface area contributed by atoms with Crippen molar-refractivity contribution in [2.75, 3.05) is 5.32 Å². The van der Waals surface area contributed by atoms with Crippen molar-refractivity contribution < 1.29 is 5.11 Å². The van der Waals surface area contributed by atoms with Crippen LogP contribution in [0, 0.1) is 6.92 Å². The summed E-state index contributed by atoms with van der Waals surface area (Å²) in [4.78, 5) is 9.17. The zero-order chi connectivity index (χ0) is 18.0. The van der Waals surface area contributed by atoms with Gasteiger partial charge in [0.05, 0.1) is 0 Å². The Balaban J connectivity index is 1.77. The van der Waals surface area contributed by atoms with Gasteiger partial charge in [-0.05, 0) is 19.1 Å². The minimum absolute atomic E-state index is 0.395. The minimum Gasteiger partial charge on any atom is -0.359 e. The molecule has 4 nitrogen and oxygen atoms in total. The summed E-state index contributed by atoms with van der Waals surface area (Å²) in [5, 5.41) is 14.6. The number of hydrogen-bond acceptors (Lipinski definition) is 4. The highest BCUT2D eigenvalue weighted by atomic mass is 16.3. The smallest absolute Gasteiger partial charge is 0.244 e. The molecule has 0 spiro atoms. The van der Waals surface area contributed by atoms with Gasteiger partial charge < -0.3 is 10.4 Å². The van der Waals surface area contributed by atoms with Gasteiger partial charge >= 0.3 is 0 Å². The number of anilines is 1. The predicted octanol–water partition coefficient (Wildman–Crippen LogP) is 4.11. The Morgan fingerprint density at radius 2 is 1.42 bits per heavy atom. The standard InChI is InChI=1S/C22H19N3O/c1-16-12-14-19(15-13-16)23-21-22(26,18-10-6-3-7-11-18)25-20(24-21)17-8-4-2-5-9-17/h2-15,26H,1H3,(H,23,24,25). The van der Waals surface area contributed by atoms with Crippen molar-refractivity contribution in [3.8, 4) is 0 Å². The van der Waals surface area contributed by atoms with E-state index < -0.39 is 5.72 Å². The van der Waals surface area contributed by atoms with Crippen LogP contribution in [0.25, 0.3) is 0 Å². The lowest BCUT2D eigenvalue weighted by Gasteiger charge is -2.23. The van der Waals surface area contributed by atoms with Crippen molar-refractivity contribution in [3.05, 3.63) is 102 Å². The van der Waals surface area contributed by atoms with Crippen molar-refractivity contribution >= 4 is 17.4 Å². The second-order valence-corrected chi connectivity index (χ2v) is 6.29. The Bertz CT molecular complexity index is 963. The lowest BCUT2D eigenvalue weighted by molar-refractivity contribution is 0.125. The highest BCUT2D eigenvalue weighted by Gasteiger charge is 2.40. The monoisotopic (exact) mass is 341 g/mol. The van der Waals surface area contributed by atoms with Crippen molar-refractivity contribution in [2.45, 2.75) is 12.6 Å².